The zero-order chi connectivity index (χ0) is 20.6. The number of alkyl halides is 3. The third-order valence-electron chi connectivity index (χ3n) is 3.99. The van der Waals surface area contributed by atoms with E-state index in [4.69, 9.17) is 16.7 Å². The molecule has 1 aliphatic heterocycles. The molecule has 12 heteroatoms. The van der Waals surface area contributed by atoms with Gasteiger partial charge in [-0.2, -0.15) is 23.7 Å². The van der Waals surface area contributed by atoms with Crippen LogP contribution in [0.15, 0.2) is 23.2 Å². The zero-order valence-corrected chi connectivity index (χ0v) is 13.8. The third kappa shape index (κ3) is 2.97. The van der Waals surface area contributed by atoms with Crippen LogP contribution in [0.4, 0.5) is 34.9 Å². The van der Waals surface area contributed by atoms with Gasteiger partial charge in [-0.1, -0.05) is 6.07 Å². The van der Waals surface area contributed by atoms with Crippen LogP contribution in [0.1, 0.15) is 28.3 Å². The number of pyridine rings is 1. The van der Waals surface area contributed by atoms with Crippen LogP contribution in [0.3, 0.4) is 0 Å². The largest absolute Gasteiger partial charge is 0.416 e. The lowest BCUT2D eigenvalue weighted by Crippen LogP contribution is -2.33. The number of fused-ring (bicyclic) bond motifs is 1. The predicted octanol–water partition coefficient (Wildman–Crippen LogP) is 2.22. The molecule has 6 N–H and O–H groups in total. The van der Waals surface area contributed by atoms with Gasteiger partial charge in [-0.3, -0.25) is 5.32 Å². The molecule has 1 aromatic heterocycles. The van der Waals surface area contributed by atoms with E-state index in [1.165, 1.54) is 0 Å². The summed E-state index contributed by atoms with van der Waals surface area (Å²) in [4.78, 5) is 7.85. The minimum atomic E-state index is -4.89. The highest BCUT2D eigenvalue weighted by atomic mass is 19.4. The fourth-order valence-electron chi connectivity index (χ4n) is 2.85. The summed E-state index contributed by atoms with van der Waals surface area (Å²) in [5.41, 5.74) is 8.76. The number of nitrogens with one attached hydrogen (secondary N) is 2. The Morgan fingerprint density at radius 1 is 1.18 bits per heavy atom. The average Bonchev–Trinajstić information content (AvgIpc) is 2.60. The van der Waals surface area contributed by atoms with Crippen LogP contribution < -0.4 is 22.1 Å². The second-order valence-electron chi connectivity index (χ2n) is 5.60. The van der Waals surface area contributed by atoms with Crippen molar-refractivity contribution in [1.29, 1.82) is 10.5 Å². The van der Waals surface area contributed by atoms with Crippen LogP contribution >= 0.6 is 0 Å². The molecule has 0 bridgehead atoms. The second-order valence-corrected chi connectivity index (χ2v) is 5.60. The van der Waals surface area contributed by atoms with Gasteiger partial charge in [0.05, 0.1) is 11.3 Å². The third-order valence-corrected chi connectivity index (χ3v) is 3.99. The fourth-order valence-corrected chi connectivity index (χ4v) is 2.85. The van der Waals surface area contributed by atoms with Gasteiger partial charge in [0.2, 0.25) is 5.96 Å². The van der Waals surface area contributed by atoms with Crippen molar-refractivity contribution < 1.29 is 17.6 Å². The molecule has 0 saturated carbocycles. The van der Waals surface area contributed by atoms with Crippen LogP contribution in [0, 0.1) is 28.6 Å². The smallest absolute Gasteiger partial charge is 0.397 e. The molecule has 0 aliphatic carbocycles. The lowest BCUT2D eigenvalue weighted by molar-refractivity contribution is -0.138. The van der Waals surface area contributed by atoms with Crippen LogP contribution in [-0.4, -0.2) is 10.9 Å². The molecule has 28 heavy (non-hydrogen) atoms. The first-order chi connectivity index (χ1) is 13.2. The fraction of sp³-hybridized carbons (Fsp3) is 0.125. The van der Waals surface area contributed by atoms with E-state index in [9.17, 15) is 22.8 Å². The molecule has 8 nitrogen and oxygen atoms in total. The van der Waals surface area contributed by atoms with E-state index < -0.39 is 29.2 Å². The number of anilines is 3. The zero-order valence-electron chi connectivity index (χ0n) is 13.8. The standard InChI is InChI=1S/C16H10F4N8/c17-8-3-1-2-7(16(18,19)20)9(8)12-10-11(23)6(4-21)13(24)27-14(10)28-15(26-12)25-5-22/h1-3,12H,(H6,23,24,25,26,27,28). The second kappa shape index (κ2) is 6.59. The van der Waals surface area contributed by atoms with E-state index in [1.54, 1.807) is 12.3 Å². The molecular weight excluding hydrogens is 380 g/mol. The van der Waals surface area contributed by atoms with Crippen molar-refractivity contribution in [2.24, 2.45) is 4.99 Å². The molecule has 0 spiro atoms. The van der Waals surface area contributed by atoms with Gasteiger partial charge in [-0.25, -0.2) is 14.4 Å². The van der Waals surface area contributed by atoms with Gasteiger partial charge in [-0.15, -0.1) is 0 Å². The van der Waals surface area contributed by atoms with Crippen molar-refractivity contribution in [1.82, 2.24) is 10.3 Å². The van der Waals surface area contributed by atoms with Gasteiger partial charge < -0.3 is 16.8 Å². The number of hydrogen-bond donors (Lipinski definition) is 4. The molecule has 0 saturated heterocycles. The summed E-state index contributed by atoms with van der Waals surface area (Å²) in [6.45, 7) is 0. The van der Waals surface area contributed by atoms with Crippen molar-refractivity contribution >= 4 is 23.3 Å². The average molecular weight is 390 g/mol. The Balaban J connectivity index is 2.37. The topological polar surface area (TPSA) is 149 Å². The molecule has 0 amide bonds. The minimum Gasteiger partial charge on any atom is -0.397 e. The van der Waals surface area contributed by atoms with E-state index in [2.05, 4.69) is 20.6 Å². The summed E-state index contributed by atoms with van der Waals surface area (Å²) in [5.74, 6) is -1.91. The summed E-state index contributed by atoms with van der Waals surface area (Å²) in [6, 6.07) is 2.52. The van der Waals surface area contributed by atoms with Crippen molar-refractivity contribution in [3.63, 3.8) is 0 Å². The number of aromatic nitrogens is 1. The van der Waals surface area contributed by atoms with Crippen molar-refractivity contribution in [2.75, 3.05) is 16.8 Å². The number of halogens is 4. The normalized spacial score (nSPS) is 15.5. The Morgan fingerprint density at radius 2 is 1.89 bits per heavy atom. The highest BCUT2D eigenvalue weighted by Crippen LogP contribution is 2.45. The number of nitriles is 2. The van der Waals surface area contributed by atoms with Gasteiger partial charge in [-0.05, 0) is 12.1 Å². The first-order valence-electron chi connectivity index (χ1n) is 7.53. The highest BCUT2D eigenvalue weighted by Gasteiger charge is 2.40. The van der Waals surface area contributed by atoms with E-state index in [1.807, 2.05) is 0 Å². The number of aliphatic imine (C=N–C) groups is 1. The quantitative estimate of drug-likeness (QED) is 0.331. The van der Waals surface area contributed by atoms with Crippen LogP contribution in [0.25, 0.3) is 0 Å². The molecule has 1 unspecified atom stereocenters. The molecule has 1 aromatic carbocycles. The predicted molar refractivity (Wildman–Crippen MR) is 90.8 cm³/mol. The summed E-state index contributed by atoms with van der Waals surface area (Å²) in [6.07, 6.45) is -3.34. The molecule has 2 aromatic rings. The Kier molecular flexibility index (Phi) is 4.41. The molecular formula is C16H10F4N8. The number of hydrogen-bond acceptors (Lipinski definition) is 8. The maximum absolute atomic E-state index is 14.5. The number of guanidine groups is 1. The maximum Gasteiger partial charge on any atom is 0.416 e. The minimum absolute atomic E-state index is 0.150. The number of benzene rings is 1. The van der Waals surface area contributed by atoms with E-state index >= 15 is 0 Å². The Bertz CT molecular complexity index is 1080. The molecule has 142 valence electrons. The van der Waals surface area contributed by atoms with Crippen LogP contribution in [-0.2, 0) is 6.18 Å². The van der Waals surface area contributed by atoms with Crippen LogP contribution in [0.2, 0.25) is 0 Å². The monoisotopic (exact) mass is 390 g/mol. The number of nitrogens with zero attached hydrogens (tertiary/aromatic N) is 4. The number of nitrogens with two attached hydrogens (primary N) is 2. The molecule has 0 radical (unpaired) electrons. The first-order valence-corrected chi connectivity index (χ1v) is 7.53. The number of nitrogen functional groups attached to an aromatic ring is 2. The van der Waals surface area contributed by atoms with Gasteiger partial charge in [0.25, 0.3) is 0 Å². The Morgan fingerprint density at radius 3 is 2.50 bits per heavy atom. The highest BCUT2D eigenvalue weighted by molar-refractivity contribution is 5.98. The van der Waals surface area contributed by atoms with Crippen molar-refractivity contribution in [3.05, 3.63) is 46.3 Å². The van der Waals surface area contributed by atoms with Gasteiger partial charge in [0.1, 0.15) is 35.1 Å². The van der Waals surface area contributed by atoms with Crippen molar-refractivity contribution in [3.8, 4) is 12.3 Å². The molecule has 1 aliphatic rings. The molecule has 0 fully saturated rings. The summed E-state index contributed by atoms with van der Waals surface area (Å²) in [5, 5.41) is 22.7. The molecule has 1 atom stereocenters. The Labute approximate surface area is 155 Å². The summed E-state index contributed by atoms with van der Waals surface area (Å²) < 4.78 is 55.0. The van der Waals surface area contributed by atoms with Gasteiger partial charge in [0.15, 0.2) is 6.19 Å². The lowest BCUT2D eigenvalue weighted by atomic mass is 9.91. The molecule has 2 heterocycles. The maximum atomic E-state index is 14.5. The molecule has 3 rings (SSSR count). The van der Waals surface area contributed by atoms with Crippen molar-refractivity contribution in [2.45, 2.75) is 12.2 Å². The SMILES string of the molecule is N#CNC1=NC(c2c(F)cccc2C(F)(F)F)c2c(nc(N)c(C#N)c2N)N1. The van der Waals surface area contributed by atoms with Gasteiger partial charge in [0, 0.05) is 11.1 Å². The summed E-state index contributed by atoms with van der Waals surface area (Å²) >= 11 is 0. The van der Waals surface area contributed by atoms with Gasteiger partial charge >= 0.3 is 6.18 Å². The summed E-state index contributed by atoms with van der Waals surface area (Å²) in [7, 11) is 0. The van der Waals surface area contributed by atoms with Crippen LogP contribution in [0.5, 0.6) is 0 Å². The first kappa shape index (κ1) is 18.7. The number of rotatable bonds is 1. The Hall–Kier alpha value is -4.06. The lowest BCUT2D eigenvalue weighted by Gasteiger charge is -2.28. The van der Waals surface area contributed by atoms with E-state index in [0.717, 1.165) is 12.1 Å². The van der Waals surface area contributed by atoms with E-state index in [-0.39, 0.29) is 34.4 Å². The van der Waals surface area contributed by atoms with E-state index in [0.29, 0.717) is 6.07 Å².